The molecule has 16 heavy (non-hydrogen) atoms. The van der Waals surface area contributed by atoms with Crippen LogP contribution in [0.1, 0.15) is 24.6 Å². The highest BCUT2D eigenvalue weighted by molar-refractivity contribution is 5.05. The molecule has 4 heteroatoms. The van der Waals surface area contributed by atoms with E-state index < -0.39 is 0 Å². The number of hydrogen-bond acceptors (Lipinski definition) is 4. The number of nitrogens with zero attached hydrogens (tertiary/aromatic N) is 1. The monoisotopic (exact) mass is 224 g/mol. The number of hydrogen-bond donors (Lipinski definition) is 2. The molecule has 2 rings (SSSR count). The molecule has 0 spiro atoms. The van der Waals surface area contributed by atoms with Gasteiger partial charge < -0.3 is 15.3 Å². The molecular weight excluding hydrogens is 204 g/mol. The second-order valence-corrected chi connectivity index (χ2v) is 4.45. The van der Waals surface area contributed by atoms with Crippen molar-refractivity contribution >= 4 is 0 Å². The Balaban J connectivity index is 2.03. The van der Waals surface area contributed by atoms with Gasteiger partial charge in [-0.15, -0.1) is 0 Å². The smallest absolute Gasteiger partial charge is 0.122 e. The van der Waals surface area contributed by atoms with Gasteiger partial charge in [-0.05, 0) is 37.4 Å². The number of likely N-dealkylation sites (tertiary alicyclic amines) is 1. The zero-order valence-corrected chi connectivity index (χ0v) is 9.51. The van der Waals surface area contributed by atoms with E-state index in [1.54, 1.807) is 6.26 Å². The lowest BCUT2D eigenvalue weighted by Crippen LogP contribution is -2.41. The third kappa shape index (κ3) is 2.45. The predicted molar refractivity (Wildman–Crippen MR) is 61.9 cm³/mol. The van der Waals surface area contributed by atoms with E-state index in [1.807, 2.05) is 12.1 Å². The van der Waals surface area contributed by atoms with E-state index in [4.69, 9.17) is 10.2 Å². The SMILES string of the molecule is NCC(c1ccco1)N1CCCC(CO)C1. The van der Waals surface area contributed by atoms with Gasteiger partial charge in [0.2, 0.25) is 0 Å². The van der Waals surface area contributed by atoms with Crippen molar-refractivity contribution in [2.24, 2.45) is 11.7 Å². The molecule has 2 heterocycles. The van der Waals surface area contributed by atoms with Crippen LogP contribution >= 0.6 is 0 Å². The second-order valence-electron chi connectivity index (χ2n) is 4.45. The molecule has 2 atom stereocenters. The first kappa shape index (κ1) is 11.6. The average molecular weight is 224 g/mol. The lowest BCUT2D eigenvalue weighted by atomic mass is 9.97. The highest BCUT2D eigenvalue weighted by atomic mass is 16.3. The van der Waals surface area contributed by atoms with E-state index in [2.05, 4.69) is 4.90 Å². The molecule has 3 N–H and O–H groups in total. The minimum Gasteiger partial charge on any atom is -0.468 e. The molecule has 1 aromatic rings. The summed E-state index contributed by atoms with van der Waals surface area (Å²) in [5.74, 6) is 1.32. The Morgan fingerprint density at radius 2 is 2.50 bits per heavy atom. The second kappa shape index (κ2) is 5.48. The predicted octanol–water partition coefficient (Wildman–Crippen LogP) is 0.984. The van der Waals surface area contributed by atoms with Gasteiger partial charge in [0.1, 0.15) is 5.76 Å². The maximum absolute atomic E-state index is 9.21. The summed E-state index contributed by atoms with van der Waals surface area (Å²) in [6, 6.07) is 4.02. The number of aliphatic hydroxyl groups excluding tert-OH is 1. The van der Waals surface area contributed by atoms with Crippen molar-refractivity contribution in [3.8, 4) is 0 Å². The molecule has 1 saturated heterocycles. The molecular formula is C12H20N2O2. The van der Waals surface area contributed by atoms with Gasteiger partial charge in [-0.3, -0.25) is 4.90 Å². The third-order valence-electron chi connectivity index (χ3n) is 3.34. The molecule has 0 aliphatic carbocycles. The molecule has 90 valence electrons. The molecule has 0 amide bonds. The summed E-state index contributed by atoms with van der Waals surface area (Å²) >= 11 is 0. The molecule has 0 bridgehead atoms. The Morgan fingerprint density at radius 1 is 1.62 bits per heavy atom. The van der Waals surface area contributed by atoms with Crippen molar-refractivity contribution in [1.29, 1.82) is 0 Å². The van der Waals surface area contributed by atoms with Crippen molar-refractivity contribution in [2.45, 2.75) is 18.9 Å². The van der Waals surface area contributed by atoms with Crippen molar-refractivity contribution < 1.29 is 9.52 Å². The summed E-state index contributed by atoms with van der Waals surface area (Å²) in [6.45, 7) is 2.79. The van der Waals surface area contributed by atoms with Crippen LogP contribution < -0.4 is 5.73 Å². The minimum absolute atomic E-state index is 0.157. The fourth-order valence-corrected chi connectivity index (χ4v) is 2.46. The highest BCUT2D eigenvalue weighted by Crippen LogP contribution is 2.26. The molecule has 1 aromatic heterocycles. The maximum atomic E-state index is 9.21. The Labute approximate surface area is 96.0 Å². The van der Waals surface area contributed by atoms with Crippen LogP contribution in [0.2, 0.25) is 0 Å². The number of nitrogens with two attached hydrogens (primary N) is 1. The topological polar surface area (TPSA) is 62.6 Å². The van der Waals surface area contributed by atoms with Gasteiger partial charge in [0.05, 0.1) is 12.3 Å². The van der Waals surface area contributed by atoms with Gasteiger partial charge in [-0.2, -0.15) is 0 Å². The first-order valence-corrected chi connectivity index (χ1v) is 5.93. The first-order valence-electron chi connectivity index (χ1n) is 5.93. The van der Waals surface area contributed by atoms with Crippen LogP contribution in [0.3, 0.4) is 0 Å². The van der Waals surface area contributed by atoms with Crippen LogP contribution in [0.15, 0.2) is 22.8 Å². The van der Waals surface area contributed by atoms with E-state index in [1.165, 1.54) is 0 Å². The molecule has 0 radical (unpaired) electrons. The maximum Gasteiger partial charge on any atom is 0.122 e. The lowest BCUT2D eigenvalue weighted by Gasteiger charge is -2.36. The summed E-state index contributed by atoms with van der Waals surface area (Å²) < 4.78 is 5.42. The van der Waals surface area contributed by atoms with E-state index in [0.717, 1.165) is 31.7 Å². The van der Waals surface area contributed by atoms with Crippen molar-refractivity contribution in [2.75, 3.05) is 26.2 Å². The van der Waals surface area contributed by atoms with Gasteiger partial charge in [0.15, 0.2) is 0 Å². The van der Waals surface area contributed by atoms with Crippen LogP contribution in [0.25, 0.3) is 0 Å². The van der Waals surface area contributed by atoms with Crippen LogP contribution in [-0.2, 0) is 0 Å². The van der Waals surface area contributed by atoms with Crippen LogP contribution in [0.5, 0.6) is 0 Å². The van der Waals surface area contributed by atoms with E-state index in [9.17, 15) is 5.11 Å². The minimum atomic E-state index is 0.157. The molecule has 4 nitrogen and oxygen atoms in total. The Hall–Kier alpha value is -0.840. The van der Waals surface area contributed by atoms with Crippen LogP contribution in [-0.4, -0.2) is 36.2 Å². The van der Waals surface area contributed by atoms with Crippen LogP contribution in [0, 0.1) is 5.92 Å². The van der Waals surface area contributed by atoms with Gasteiger partial charge >= 0.3 is 0 Å². The fraction of sp³-hybridized carbons (Fsp3) is 0.667. The Kier molecular flexibility index (Phi) is 3.98. The molecule has 1 aliphatic rings. The van der Waals surface area contributed by atoms with E-state index >= 15 is 0 Å². The largest absolute Gasteiger partial charge is 0.468 e. The van der Waals surface area contributed by atoms with Gasteiger partial charge in [0, 0.05) is 19.7 Å². The number of rotatable bonds is 4. The normalized spacial score (nSPS) is 24.5. The zero-order chi connectivity index (χ0) is 11.4. The standard InChI is InChI=1S/C12H20N2O2/c13-7-11(12-4-2-6-16-12)14-5-1-3-10(8-14)9-15/h2,4,6,10-11,15H,1,3,5,7-9,13H2. The molecule has 0 aromatic carbocycles. The average Bonchev–Trinajstić information content (AvgIpc) is 2.84. The molecule has 1 fully saturated rings. The van der Waals surface area contributed by atoms with E-state index in [0.29, 0.717) is 12.5 Å². The summed E-state index contributed by atoms with van der Waals surface area (Å²) in [7, 11) is 0. The lowest BCUT2D eigenvalue weighted by molar-refractivity contribution is 0.0819. The number of piperidine rings is 1. The Morgan fingerprint density at radius 3 is 3.12 bits per heavy atom. The first-order chi connectivity index (χ1) is 7.85. The van der Waals surface area contributed by atoms with E-state index in [-0.39, 0.29) is 12.6 Å². The van der Waals surface area contributed by atoms with Crippen molar-refractivity contribution in [3.63, 3.8) is 0 Å². The Bertz CT molecular complexity index is 300. The van der Waals surface area contributed by atoms with Crippen molar-refractivity contribution in [3.05, 3.63) is 24.2 Å². The molecule has 2 unspecified atom stereocenters. The van der Waals surface area contributed by atoms with Crippen molar-refractivity contribution in [1.82, 2.24) is 4.90 Å². The van der Waals surface area contributed by atoms with Gasteiger partial charge in [0.25, 0.3) is 0 Å². The summed E-state index contributed by atoms with van der Waals surface area (Å²) in [6.07, 6.45) is 3.93. The molecule has 1 aliphatic heterocycles. The van der Waals surface area contributed by atoms with Gasteiger partial charge in [-0.25, -0.2) is 0 Å². The van der Waals surface area contributed by atoms with Crippen LogP contribution in [0.4, 0.5) is 0 Å². The quantitative estimate of drug-likeness (QED) is 0.800. The zero-order valence-electron chi connectivity index (χ0n) is 9.51. The highest BCUT2D eigenvalue weighted by Gasteiger charge is 2.27. The molecule has 0 saturated carbocycles. The summed E-state index contributed by atoms with van der Waals surface area (Å²) in [5, 5.41) is 9.21. The van der Waals surface area contributed by atoms with Gasteiger partial charge in [-0.1, -0.05) is 0 Å². The third-order valence-corrected chi connectivity index (χ3v) is 3.34. The summed E-state index contributed by atoms with van der Waals surface area (Å²) in [4.78, 5) is 2.32. The number of furan rings is 1. The summed E-state index contributed by atoms with van der Waals surface area (Å²) in [5.41, 5.74) is 5.82. The number of aliphatic hydroxyl groups is 1. The fourth-order valence-electron chi connectivity index (χ4n) is 2.46.